The van der Waals surface area contributed by atoms with Gasteiger partial charge in [-0.25, -0.2) is 0 Å². The van der Waals surface area contributed by atoms with Crippen molar-refractivity contribution in [3.8, 4) is 0 Å². The number of likely N-dealkylation sites (tertiary alicyclic amines) is 1. The zero-order chi connectivity index (χ0) is 14.4. The molecule has 108 valence electrons. The average Bonchev–Trinajstić information content (AvgIpc) is 2.61. The Bertz CT molecular complexity index is 459. The molecule has 0 bridgehead atoms. The smallest absolute Gasteiger partial charge is 0.222 e. The number of hydrogen-bond acceptors (Lipinski definition) is 2. The van der Waals surface area contributed by atoms with Crippen LogP contribution in [0.5, 0.6) is 0 Å². The summed E-state index contributed by atoms with van der Waals surface area (Å²) in [6.07, 6.45) is 2.40. The second-order valence-electron chi connectivity index (χ2n) is 5.43. The van der Waals surface area contributed by atoms with Crippen LogP contribution in [0.2, 0.25) is 0 Å². The first-order valence-corrected chi connectivity index (χ1v) is 7.21. The summed E-state index contributed by atoms with van der Waals surface area (Å²) < 4.78 is 0. The van der Waals surface area contributed by atoms with Gasteiger partial charge in [-0.05, 0) is 24.3 Å². The summed E-state index contributed by atoms with van der Waals surface area (Å²) in [5, 5.41) is 2.85. The van der Waals surface area contributed by atoms with Gasteiger partial charge in [0.2, 0.25) is 11.8 Å². The van der Waals surface area contributed by atoms with E-state index in [2.05, 4.69) is 5.32 Å². The Kier molecular flexibility index (Phi) is 5.16. The van der Waals surface area contributed by atoms with Crippen molar-refractivity contribution in [1.82, 2.24) is 10.2 Å². The van der Waals surface area contributed by atoms with Gasteiger partial charge < -0.3 is 10.2 Å². The van der Waals surface area contributed by atoms with Gasteiger partial charge in [-0.2, -0.15) is 0 Å². The van der Waals surface area contributed by atoms with Gasteiger partial charge in [0.05, 0.1) is 0 Å². The van der Waals surface area contributed by atoms with Crippen LogP contribution in [0.1, 0.15) is 31.7 Å². The van der Waals surface area contributed by atoms with Crippen LogP contribution in [0.4, 0.5) is 0 Å². The van der Waals surface area contributed by atoms with Crippen LogP contribution >= 0.6 is 0 Å². The summed E-state index contributed by atoms with van der Waals surface area (Å²) in [5.74, 6) is 0.629. The minimum absolute atomic E-state index is 0.00159. The van der Waals surface area contributed by atoms with Crippen LogP contribution in [0.25, 0.3) is 0 Å². The molecule has 0 spiro atoms. The van der Waals surface area contributed by atoms with Gasteiger partial charge in [0.1, 0.15) is 0 Å². The second-order valence-corrected chi connectivity index (χ2v) is 5.43. The molecule has 4 nitrogen and oxygen atoms in total. The first-order valence-electron chi connectivity index (χ1n) is 7.21. The van der Waals surface area contributed by atoms with E-state index >= 15 is 0 Å². The Hall–Kier alpha value is -1.84. The van der Waals surface area contributed by atoms with Crippen molar-refractivity contribution in [3.05, 3.63) is 35.9 Å². The summed E-state index contributed by atoms with van der Waals surface area (Å²) >= 11 is 0. The average molecular weight is 274 g/mol. The van der Waals surface area contributed by atoms with Crippen molar-refractivity contribution >= 4 is 11.8 Å². The van der Waals surface area contributed by atoms with Crippen molar-refractivity contribution in [1.29, 1.82) is 0 Å². The molecule has 1 aliphatic rings. The SMILES string of the molecule is CC(=O)NCC1CCC(=O)N(Cc2ccccc2)CC1. The molecular formula is C16H22N2O2. The highest BCUT2D eigenvalue weighted by Gasteiger charge is 2.22. The van der Waals surface area contributed by atoms with E-state index < -0.39 is 0 Å². The Labute approximate surface area is 120 Å². The molecule has 1 N–H and O–H groups in total. The van der Waals surface area contributed by atoms with Crippen LogP contribution in [0, 0.1) is 5.92 Å². The number of hydrogen-bond donors (Lipinski definition) is 1. The van der Waals surface area contributed by atoms with Gasteiger partial charge in [-0.3, -0.25) is 9.59 Å². The van der Waals surface area contributed by atoms with Gasteiger partial charge in [-0.15, -0.1) is 0 Å². The van der Waals surface area contributed by atoms with Gasteiger partial charge in [0, 0.05) is 33.0 Å². The molecule has 4 heteroatoms. The molecule has 1 aromatic rings. The maximum atomic E-state index is 12.1. The number of carbonyl (C=O) groups excluding carboxylic acids is 2. The number of rotatable bonds is 4. The molecule has 1 fully saturated rings. The Morgan fingerprint density at radius 2 is 2.05 bits per heavy atom. The van der Waals surface area contributed by atoms with Crippen molar-refractivity contribution in [2.75, 3.05) is 13.1 Å². The Morgan fingerprint density at radius 3 is 2.75 bits per heavy atom. The van der Waals surface area contributed by atoms with Crippen LogP contribution in [-0.4, -0.2) is 29.8 Å². The first kappa shape index (κ1) is 14.6. The maximum absolute atomic E-state index is 12.1. The predicted octanol–water partition coefficient (Wildman–Crippen LogP) is 1.95. The molecule has 2 rings (SSSR count). The first-order chi connectivity index (χ1) is 9.65. The van der Waals surface area contributed by atoms with E-state index in [4.69, 9.17) is 0 Å². The van der Waals surface area contributed by atoms with E-state index in [1.807, 2.05) is 35.2 Å². The number of nitrogens with one attached hydrogen (secondary N) is 1. The third-order valence-electron chi connectivity index (χ3n) is 3.78. The monoisotopic (exact) mass is 274 g/mol. The fourth-order valence-electron chi connectivity index (χ4n) is 2.56. The maximum Gasteiger partial charge on any atom is 0.222 e. The highest BCUT2D eigenvalue weighted by molar-refractivity contribution is 5.76. The molecule has 2 amide bonds. The van der Waals surface area contributed by atoms with E-state index in [1.54, 1.807) is 0 Å². The summed E-state index contributed by atoms with van der Waals surface area (Å²) in [5.41, 5.74) is 1.17. The third kappa shape index (κ3) is 4.37. The van der Waals surface area contributed by atoms with E-state index in [9.17, 15) is 9.59 Å². The molecule has 1 heterocycles. The quantitative estimate of drug-likeness (QED) is 0.912. The van der Waals surface area contributed by atoms with Crippen LogP contribution in [0.15, 0.2) is 30.3 Å². The molecule has 1 unspecified atom stereocenters. The molecular weight excluding hydrogens is 252 g/mol. The number of nitrogens with zero attached hydrogens (tertiary/aromatic N) is 1. The zero-order valence-electron chi connectivity index (χ0n) is 12.0. The summed E-state index contributed by atoms with van der Waals surface area (Å²) in [4.78, 5) is 25.0. The van der Waals surface area contributed by atoms with E-state index in [-0.39, 0.29) is 11.8 Å². The van der Waals surface area contributed by atoms with Gasteiger partial charge in [0.15, 0.2) is 0 Å². The number of amides is 2. The molecule has 1 aromatic carbocycles. The van der Waals surface area contributed by atoms with Gasteiger partial charge in [0.25, 0.3) is 0 Å². The van der Waals surface area contributed by atoms with E-state index in [0.717, 1.165) is 19.4 Å². The topological polar surface area (TPSA) is 49.4 Å². The Balaban J connectivity index is 1.89. The highest BCUT2D eigenvalue weighted by Crippen LogP contribution is 2.19. The van der Waals surface area contributed by atoms with Gasteiger partial charge in [-0.1, -0.05) is 30.3 Å². The zero-order valence-corrected chi connectivity index (χ0v) is 12.0. The largest absolute Gasteiger partial charge is 0.356 e. The molecule has 0 aromatic heterocycles. The molecule has 1 saturated heterocycles. The van der Waals surface area contributed by atoms with Crippen molar-refractivity contribution in [2.45, 2.75) is 32.7 Å². The summed E-state index contributed by atoms with van der Waals surface area (Å²) in [7, 11) is 0. The van der Waals surface area contributed by atoms with E-state index in [0.29, 0.717) is 25.4 Å². The second kappa shape index (κ2) is 7.08. The lowest BCUT2D eigenvalue weighted by Gasteiger charge is -2.21. The summed E-state index contributed by atoms with van der Waals surface area (Å²) in [6, 6.07) is 10.1. The fraction of sp³-hybridized carbons (Fsp3) is 0.500. The van der Waals surface area contributed by atoms with Crippen LogP contribution in [-0.2, 0) is 16.1 Å². The number of carbonyl (C=O) groups is 2. The third-order valence-corrected chi connectivity index (χ3v) is 3.78. The molecule has 1 atom stereocenters. The van der Waals surface area contributed by atoms with E-state index in [1.165, 1.54) is 12.5 Å². The molecule has 20 heavy (non-hydrogen) atoms. The normalized spacial score (nSPS) is 19.6. The van der Waals surface area contributed by atoms with Crippen molar-refractivity contribution in [2.24, 2.45) is 5.92 Å². The minimum Gasteiger partial charge on any atom is -0.356 e. The molecule has 0 aliphatic carbocycles. The molecule has 1 aliphatic heterocycles. The van der Waals surface area contributed by atoms with Crippen molar-refractivity contribution in [3.63, 3.8) is 0 Å². The van der Waals surface area contributed by atoms with Gasteiger partial charge >= 0.3 is 0 Å². The number of benzene rings is 1. The standard InChI is InChI=1S/C16H22N2O2/c1-13(19)17-11-14-7-8-16(20)18(10-9-14)12-15-5-3-2-4-6-15/h2-6,14H,7-12H2,1H3,(H,17,19). The summed E-state index contributed by atoms with van der Waals surface area (Å²) in [6.45, 7) is 3.68. The molecule has 0 saturated carbocycles. The molecule has 0 radical (unpaired) electrons. The fourth-order valence-corrected chi connectivity index (χ4v) is 2.56. The highest BCUT2D eigenvalue weighted by atomic mass is 16.2. The van der Waals surface area contributed by atoms with Crippen LogP contribution < -0.4 is 5.32 Å². The predicted molar refractivity (Wildman–Crippen MR) is 77.9 cm³/mol. The lowest BCUT2D eigenvalue weighted by molar-refractivity contribution is -0.131. The Morgan fingerprint density at radius 1 is 1.30 bits per heavy atom. The lowest BCUT2D eigenvalue weighted by Crippen LogP contribution is -2.30. The lowest BCUT2D eigenvalue weighted by atomic mass is 10.0. The van der Waals surface area contributed by atoms with Crippen molar-refractivity contribution < 1.29 is 9.59 Å². The minimum atomic E-state index is 0.00159. The van der Waals surface area contributed by atoms with Crippen LogP contribution in [0.3, 0.4) is 0 Å².